The van der Waals surface area contributed by atoms with Gasteiger partial charge in [-0.25, -0.2) is 4.98 Å². The Morgan fingerprint density at radius 1 is 1.21 bits per heavy atom. The van der Waals surface area contributed by atoms with E-state index in [1.807, 2.05) is 18.2 Å². The van der Waals surface area contributed by atoms with E-state index < -0.39 is 0 Å². The zero-order valence-electron chi connectivity index (χ0n) is 18.8. The van der Waals surface area contributed by atoms with Gasteiger partial charge in [0.1, 0.15) is 0 Å². The van der Waals surface area contributed by atoms with Crippen LogP contribution < -0.4 is 9.47 Å². The van der Waals surface area contributed by atoms with Crippen LogP contribution >= 0.6 is 27.3 Å². The summed E-state index contributed by atoms with van der Waals surface area (Å²) >= 11 is 5.32. The molecule has 1 fully saturated rings. The van der Waals surface area contributed by atoms with Gasteiger partial charge >= 0.3 is 5.97 Å². The van der Waals surface area contributed by atoms with Gasteiger partial charge in [0.25, 0.3) is 0 Å². The first-order valence-electron chi connectivity index (χ1n) is 11.0. The number of benzene rings is 2. The van der Waals surface area contributed by atoms with Crippen LogP contribution in [-0.4, -0.2) is 42.6 Å². The molecule has 172 valence electrons. The maximum Gasteiger partial charge on any atom is 0.308 e. The van der Waals surface area contributed by atoms with Gasteiger partial charge in [0.05, 0.1) is 17.8 Å². The van der Waals surface area contributed by atoms with Crippen molar-refractivity contribution in [1.29, 1.82) is 0 Å². The number of likely N-dealkylation sites (tertiary alicyclic amines) is 1. The minimum absolute atomic E-state index is 0.359. The molecule has 0 bridgehead atoms. The van der Waals surface area contributed by atoms with E-state index in [0.29, 0.717) is 17.4 Å². The number of carbonyl (C=O) groups excluding carboxylic acids is 1. The number of hydrogen-bond acceptors (Lipinski definition) is 6. The van der Waals surface area contributed by atoms with Gasteiger partial charge in [-0.05, 0) is 55.8 Å². The molecule has 0 amide bonds. The van der Waals surface area contributed by atoms with Crippen molar-refractivity contribution in [3.63, 3.8) is 0 Å². The van der Waals surface area contributed by atoms with Gasteiger partial charge in [-0.3, -0.25) is 9.69 Å². The highest BCUT2D eigenvalue weighted by atomic mass is 79.9. The van der Waals surface area contributed by atoms with Gasteiger partial charge in [0.15, 0.2) is 11.5 Å². The first kappa shape index (κ1) is 23.7. The summed E-state index contributed by atoms with van der Waals surface area (Å²) in [6, 6.07) is 13.9. The molecule has 3 aromatic rings. The fourth-order valence-corrected chi connectivity index (χ4v) is 5.38. The lowest BCUT2D eigenvalue weighted by Crippen LogP contribution is -2.33. The van der Waals surface area contributed by atoms with E-state index in [2.05, 4.69) is 56.6 Å². The topological polar surface area (TPSA) is 51.7 Å². The molecule has 4 rings (SSSR count). The Morgan fingerprint density at radius 2 is 2.03 bits per heavy atom. The van der Waals surface area contributed by atoms with E-state index in [1.54, 1.807) is 24.5 Å². The van der Waals surface area contributed by atoms with Crippen LogP contribution in [0.2, 0.25) is 0 Å². The number of nitrogens with zero attached hydrogens (tertiary/aromatic N) is 2. The number of esters is 1. The van der Waals surface area contributed by atoms with Crippen LogP contribution in [0, 0.1) is 0 Å². The Labute approximate surface area is 207 Å². The summed E-state index contributed by atoms with van der Waals surface area (Å²) in [4.78, 5) is 18.6. The molecule has 1 aliphatic heterocycles. The Hall–Kier alpha value is -2.48. The molecule has 0 spiro atoms. The van der Waals surface area contributed by atoms with E-state index in [1.165, 1.54) is 11.9 Å². The van der Waals surface area contributed by atoms with E-state index in [0.717, 1.165) is 53.8 Å². The highest BCUT2D eigenvalue weighted by molar-refractivity contribution is 9.10. The maximum absolute atomic E-state index is 11.2. The quantitative estimate of drug-likeness (QED) is 0.263. The number of halogens is 1. The van der Waals surface area contributed by atoms with Crippen molar-refractivity contribution >= 4 is 39.3 Å². The third-order valence-corrected chi connectivity index (χ3v) is 7.19. The van der Waals surface area contributed by atoms with Crippen molar-refractivity contribution in [1.82, 2.24) is 9.88 Å². The zero-order chi connectivity index (χ0) is 23.2. The molecule has 0 unspecified atom stereocenters. The van der Waals surface area contributed by atoms with E-state index >= 15 is 0 Å². The lowest BCUT2D eigenvalue weighted by molar-refractivity contribution is -0.132. The van der Waals surface area contributed by atoms with E-state index in [-0.39, 0.29) is 5.97 Å². The molecule has 1 aromatic heterocycles. The third kappa shape index (κ3) is 6.31. The van der Waals surface area contributed by atoms with Crippen LogP contribution in [0.25, 0.3) is 17.3 Å². The van der Waals surface area contributed by atoms with Crippen molar-refractivity contribution in [2.45, 2.75) is 25.7 Å². The number of rotatable bonds is 7. The van der Waals surface area contributed by atoms with Gasteiger partial charge < -0.3 is 9.47 Å². The first-order chi connectivity index (χ1) is 16.0. The molecule has 2 aromatic carbocycles. The summed E-state index contributed by atoms with van der Waals surface area (Å²) in [5, 5.41) is 3.42. The molecule has 1 aliphatic rings. The summed E-state index contributed by atoms with van der Waals surface area (Å²) in [6.45, 7) is 4.42. The molecule has 0 saturated carbocycles. The number of thiazole rings is 1. The number of aromatic nitrogens is 1. The standard InChI is InChI=1S/C26H27BrN2O3S/c1-18(30)32-24-9-8-19(15-25(24)31-2)5-4-12-29-13-10-20(11-14-29)26-28-23(17-33-26)21-6-3-7-22(27)16-21/h3-9,15-17,20H,10-14H2,1-2H3/b5-4-. The van der Waals surface area contributed by atoms with Crippen molar-refractivity contribution < 1.29 is 14.3 Å². The predicted molar refractivity (Wildman–Crippen MR) is 137 cm³/mol. The molecule has 33 heavy (non-hydrogen) atoms. The highest BCUT2D eigenvalue weighted by Crippen LogP contribution is 2.33. The van der Waals surface area contributed by atoms with E-state index in [4.69, 9.17) is 14.5 Å². The molecule has 2 heterocycles. The number of methoxy groups -OCH3 is 1. The van der Waals surface area contributed by atoms with Gasteiger partial charge in [-0.1, -0.05) is 46.3 Å². The molecule has 0 aliphatic carbocycles. The number of piperidine rings is 1. The highest BCUT2D eigenvalue weighted by Gasteiger charge is 2.22. The Kier molecular flexibility index (Phi) is 7.96. The van der Waals surface area contributed by atoms with Crippen molar-refractivity contribution in [3.05, 3.63) is 69.0 Å². The monoisotopic (exact) mass is 526 g/mol. The van der Waals surface area contributed by atoms with Crippen LogP contribution in [0.5, 0.6) is 11.5 Å². The first-order valence-corrected chi connectivity index (χ1v) is 12.7. The summed E-state index contributed by atoms with van der Waals surface area (Å²) in [5.74, 6) is 1.17. The second-order valence-electron chi connectivity index (χ2n) is 8.06. The van der Waals surface area contributed by atoms with Crippen LogP contribution in [0.3, 0.4) is 0 Å². The number of carbonyl (C=O) groups is 1. The number of hydrogen-bond donors (Lipinski definition) is 0. The van der Waals surface area contributed by atoms with Crippen molar-refractivity contribution in [3.8, 4) is 22.8 Å². The van der Waals surface area contributed by atoms with Crippen LogP contribution in [-0.2, 0) is 4.79 Å². The fraction of sp³-hybridized carbons (Fsp3) is 0.308. The lowest BCUT2D eigenvalue weighted by atomic mass is 9.97. The fourth-order valence-electron chi connectivity index (χ4n) is 3.98. The molecule has 0 N–H and O–H groups in total. The van der Waals surface area contributed by atoms with Crippen LogP contribution in [0.15, 0.2) is 58.4 Å². The van der Waals surface area contributed by atoms with Gasteiger partial charge in [-0.15, -0.1) is 11.3 Å². The second-order valence-corrected chi connectivity index (χ2v) is 9.87. The summed E-state index contributed by atoms with van der Waals surface area (Å²) < 4.78 is 11.6. The van der Waals surface area contributed by atoms with Gasteiger partial charge in [0.2, 0.25) is 0 Å². The summed E-state index contributed by atoms with van der Waals surface area (Å²) in [6.07, 6.45) is 6.51. The average molecular weight is 527 g/mol. The minimum Gasteiger partial charge on any atom is -0.493 e. The van der Waals surface area contributed by atoms with Gasteiger partial charge in [-0.2, -0.15) is 0 Å². The van der Waals surface area contributed by atoms with Crippen molar-refractivity contribution in [2.75, 3.05) is 26.7 Å². The Balaban J connectivity index is 1.29. The zero-order valence-corrected chi connectivity index (χ0v) is 21.2. The second kappa shape index (κ2) is 11.1. The molecule has 7 heteroatoms. The smallest absolute Gasteiger partial charge is 0.308 e. The normalized spacial score (nSPS) is 15.1. The average Bonchev–Trinajstić information content (AvgIpc) is 3.30. The molecular weight excluding hydrogens is 500 g/mol. The Morgan fingerprint density at radius 3 is 2.76 bits per heavy atom. The van der Waals surface area contributed by atoms with Gasteiger partial charge in [0, 0.05) is 34.8 Å². The molecule has 5 nitrogen and oxygen atoms in total. The van der Waals surface area contributed by atoms with Crippen LogP contribution in [0.1, 0.15) is 36.3 Å². The SMILES string of the molecule is COc1cc(/C=C\CN2CCC(c3nc(-c4cccc(Br)c4)cs3)CC2)ccc1OC(C)=O. The predicted octanol–water partition coefficient (Wildman–Crippen LogP) is 6.40. The molecule has 0 radical (unpaired) electrons. The van der Waals surface area contributed by atoms with Crippen LogP contribution in [0.4, 0.5) is 0 Å². The molecular formula is C26H27BrN2O3S. The molecule has 1 saturated heterocycles. The minimum atomic E-state index is -0.359. The number of ether oxygens (including phenoxy) is 2. The third-order valence-electron chi connectivity index (χ3n) is 5.69. The Bertz CT molecular complexity index is 1140. The van der Waals surface area contributed by atoms with E-state index in [9.17, 15) is 4.79 Å². The molecule has 0 atom stereocenters. The summed E-state index contributed by atoms with van der Waals surface area (Å²) in [7, 11) is 1.57. The van der Waals surface area contributed by atoms with Crippen molar-refractivity contribution in [2.24, 2.45) is 0 Å². The maximum atomic E-state index is 11.2. The lowest BCUT2D eigenvalue weighted by Gasteiger charge is -2.30. The largest absolute Gasteiger partial charge is 0.493 e. The summed E-state index contributed by atoms with van der Waals surface area (Å²) in [5.41, 5.74) is 3.24.